The molecule has 2 aromatic rings. The number of carbonyl (C=O) groups excluding carboxylic acids is 2. The Bertz CT molecular complexity index is 769. The van der Waals surface area contributed by atoms with Crippen molar-refractivity contribution in [2.24, 2.45) is 11.7 Å². The van der Waals surface area contributed by atoms with Crippen LogP contribution in [-0.2, 0) is 9.59 Å². The van der Waals surface area contributed by atoms with Gasteiger partial charge in [-0.25, -0.2) is 0 Å². The van der Waals surface area contributed by atoms with Crippen molar-refractivity contribution in [1.82, 2.24) is 4.90 Å². The molecule has 2 amide bonds. The second-order valence-corrected chi connectivity index (χ2v) is 6.74. The SMILES string of the molecule is NC(=O)[C@H]1CCN(C(=O)/C=C\c2sc3ccccc3c2Cl)C1. The lowest BCUT2D eigenvalue weighted by Gasteiger charge is -2.12. The molecule has 1 aromatic carbocycles. The van der Waals surface area contributed by atoms with Crippen molar-refractivity contribution in [2.45, 2.75) is 6.42 Å². The van der Waals surface area contributed by atoms with E-state index in [-0.39, 0.29) is 17.7 Å². The van der Waals surface area contributed by atoms with Crippen molar-refractivity contribution in [2.75, 3.05) is 13.1 Å². The molecule has 2 N–H and O–H groups in total. The van der Waals surface area contributed by atoms with Crippen molar-refractivity contribution < 1.29 is 9.59 Å². The van der Waals surface area contributed by atoms with Crippen LogP contribution in [0.15, 0.2) is 30.3 Å². The molecule has 0 saturated carbocycles. The molecule has 22 heavy (non-hydrogen) atoms. The van der Waals surface area contributed by atoms with Crippen LogP contribution in [0.1, 0.15) is 11.3 Å². The van der Waals surface area contributed by atoms with Gasteiger partial charge in [0.2, 0.25) is 11.8 Å². The standard InChI is InChI=1S/C16H15ClN2O2S/c17-15-11-3-1-2-4-12(11)22-13(15)5-6-14(20)19-8-7-10(9-19)16(18)21/h1-6,10H,7-9H2,(H2,18,21)/b6-5-/t10-/m0/s1. The number of nitrogens with zero attached hydrogens (tertiary/aromatic N) is 1. The number of hydrogen-bond acceptors (Lipinski definition) is 3. The minimum absolute atomic E-state index is 0.114. The molecule has 1 saturated heterocycles. The summed E-state index contributed by atoms with van der Waals surface area (Å²) in [6.45, 7) is 0.968. The Hall–Kier alpha value is -1.85. The Morgan fingerprint density at radius 2 is 2.14 bits per heavy atom. The molecule has 1 aliphatic heterocycles. The molecule has 114 valence electrons. The van der Waals surface area contributed by atoms with E-state index in [0.29, 0.717) is 24.5 Å². The van der Waals surface area contributed by atoms with Crippen LogP contribution < -0.4 is 5.73 Å². The predicted octanol–water partition coefficient (Wildman–Crippen LogP) is 2.90. The molecule has 0 bridgehead atoms. The Morgan fingerprint density at radius 1 is 1.36 bits per heavy atom. The second kappa shape index (κ2) is 6.10. The van der Waals surface area contributed by atoms with Crippen LogP contribution in [0.2, 0.25) is 5.02 Å². The van der Waals surface area contributed by atoms with E-state index >= 15 is 0 Å². The summed E-state index contributed by atoms with van der Waals surface area (Å²) >= 11 is 7.89. The summed E-state index contributed by atoms with van der Waals surface area (Å²) in [6, 6.07) is 7.87. The van der Waals surface area contributed by atoms with Crippen LogP contribution in [0.4, 0.5) is 0 Å². The first kappa shape index (κ1) is 15.1. The second-order valence-electron chi connectivity index (χ2n) is 5.28. The van der Waals surface area contributed by atoms with Crippen LogP contribution in [0, 0.1) is 5.92 Å². The maximum Gasteiger partial charge on any atom is 0.246 e. The van der Waals surface area contributed by atoms with Gasteiger partial charge < -0.3 is 10.6 Å². The summed E-state index contributed by atoms with van der Waals surface area (Å²) in [5.74, 6) is -0.686. The van der Waals surface area contributed by atoms with E-state index in [1.54, 1.807) is 22.3 Å². The van der Waals surface area contributed by atoms with Gasteiger partial charge in [-0.05, 0) is 18.6 Å². The van der Waals surface area contributed by atoms with E-state index in [9.17, 15) is 9.59 Å². The normalized spacial score (nSPS) is 18.4. The van der Waals surface area contributed by atoms with E-state index in [0.717, 1.165) is 15.0 Å². The summed E-state index contributed by atoms with van der Waals surface area (Å²) in [5.41, 5.74) is 5.28. The smallest absolute Gasteiger partial charge is 0.246 e. The molecule has 0 unspecified atom stereocenters. The molecular formula is C16H15ClN2O2S. The number of carbonyl (C=O) groups is 2. The van der Waals surface area contributed by atoms with Crippen molar-refractivity contribution in [1.29, 1.82) is 0 Å². The van der Waals surface area contributed by atoms with Gasteiger partial charge in [0, 0.05) is 34.1 Å². The lowest BCUT2D eigenvalue weighted by atomic mass is 10.1. The summed E-state index contributed by atoms with van der Waals surface area (Å²) < 4.78 is 1.09. The highest BCUT2D eigenvalue weighted by atomic mass is 35.5. The van der Waals surface area contributed by atoms with E-state index in [4.69, 9.17) is 17.3 Å². The van der Waals surface area contributed by atoms with Gasteiger partial charge in [-0.2, -0.15) is 0 Å². The van der Waals surface area contributed by atoms with Crippen molar-refractivity contribution >= 4 is 50.9 Å². The number of likely N-dealkylation sites (tertiary alicyclic amines) is 1. The molecule has 6 heteroatoms. The first-order chi connectivity index (χ1) is 10.6. The zero-order valence-electron chi connectivity index (χ0n) is 11.8. The Kier molecular flexibility index (Phi) is 4.18. The number of rotatable bonds is 3. The van der Waals surface area contributed by atoms with Gasteiger partial charge in [-0.1, -0.05) is 29.8 Å². The van der Waals surface area contributed by atoms with Gasteiger partial charge in [0.25, 0.3) is 0 Å². The molecular weight excluding hydrogens is 320 g/mol. The topological polar surface area (TPSA) is 63.4 Å². The van der Waals surface area contributed by atoms with E-state index in [1.165, 1.54) is 6.08 Å². The number of hydrogen-bond donors (Lipinski definition) is 1. The van der Waals surface area contributed by atoms with Crippen LogP contribution in [0.5, 0.6) is 0 Å². The first-order valence-corrected chi connectivity index (χ1v) is 8.19. The average Bonchev–Trinajstić information content (AvgIpc) is 3.11. The molecule has 2 heterocycles. The first-order valence-electron chi connectivity index (χ1n) is 6.99. The molecule has 0 spiro atoms. The lowest BCUT2D eigenvalue weighted by molar-refractivity contribution is -0.125. The van der Waals surface area contributed by atoms with Gasteiger partial charge in [0.15, 0.2) is 0 Å². The molecule has 1 aliphatic rings. The van der Waals surface area contributed by atoms with Crippen molar-refractivity contribution in [3.8, 4) is 0 Å². The van der Waals surface area contributed by atoms with Gasteiger partial charge in [-0.15, -0.1) is 11.3 Å². The van der Waals surface area contributed by atoms with E-state index in [2.05, 4.69) is 0 Å². The molecule has 1 atom stereocenters. The quantitative estimate of drug-likeness (QED) is 0.877. The number of thiophene rings is 1. The maximum atomic E-state index is 12.2. The summed E-state index contributed by atoms with van der Waals surface area (Å²) in [6.07, 6.45) is 3.89. The third kappa shape index (κ3) is 2.87. The number of nitrogens with two attached hydrogens (primary N) is 1. The monoisotopic (exact) mass is 334 g/mol. The predicted molar refractivity (Wildman–Crippen MR) is 89.8 cm³/mol. The number of benzene rings is 1. The van der Waals surface area contributed by atoms with Crippen LogP contribution >= 0.6 is 22.9 Å². The fourth-order valence-electron chi connectivity index (χ4n) is 2.59. The van der Waals surface area contributed by atoms with Gasteiger partial charge in [0.05, 0.1) is 10.9 Å². The number of fused-ring (bicyclic) bond motifs is 1. The number of primary amides is 1. The molecule has 0 radical (unpaired) electrons. The molecule has 1 aromatic heterocycles. The lowest BCUT2D eigenvalue weighted by Crippen LogP contribution is -2.30. The summed E-state index contributed by atoms with van der Waals surface area (Å²) in [7, 11) is 0. The van der Waals surface area contributed by atoms with E-state index < -0.39 is 0 Å². The fourth-order valence-corrected chi connectivity index (χ4v) is 3.98. The third-order valence-electron chi connectivity index (χ3n) is 3.84. The highest BCUT2D eigenvalue weighted by Gasteiger charge is 2.28. The Morgan fingerprint density at radius 3 is 2.82 bits per heavy atom. The molecule has 4 nitrogen and oxygen atoms in total. The molecule has 0 aliphatic carbocycles. The van der Waals surface area contributed by atoms with Gasteiger partial charge >= 0.3 is 0 Å². The van der Waals surface area contributed by atoms with Crippen LogP contribution in [0.3, 0.4) is 0 Å². The fraction of sp³-hybridized carbons (Fsp3) is 0.250. The minimum atomic E-state index is -0.341. The van der Waals surface area contributed by atoms with Crippen LogP contribution in [-0.4, -0.2) is 29.8 Å². The number of halogens is 1. The maximum absolute atomic E-state index is 12.2. The number of amides is 2. The van der Waals surface area contributed by atoms with Gasteiger partial charge in [-0.3, -0.25) is 9.59 Å². The Balaban J connectivity index is 1.74. The molecule has 1 fully saturated rings. The average molecular weight is 335 g/mol. The highest BCUT2D eigenvalue weighted by molar-refractivity contribution is 7.20. The van der Waals surface area contributed by atoms with E-state index in [1.807, 2.05) is 24.3 Å². The van der Waals surface area contributed by atoms with Crippen molar-refractivity contribution in [3.05, 3.63) is 40.2 Å². The zero-order valence-corrected chi connectivity index (χ0v) is 13.4. The Labute approximate surface area is 137 Å². The highest BCUT2D eigenvalue weighted by Crippen LogP contribution is 2.35. The van der Waals surface area contributed by atoms with Gasteiger partial charge in [0.1, 0.15) is 0 Å². The zero-order chi connectivity index (χ0) is 15.7. The largest absolute Gasteiger partial charge is 0.369 e. The third-order valence-corrected chi connectivity index (χ3v) is 5.49. The van der Waals surface area contributed by atoms with Crippen molar-refractivity contribution in [3.63, 3.8) is 0 Å². The van der Waals surface area contributed by atoms with Crippen LogP contribution in [0.25, 0.3) is 16.2 Å². The molecule has 3 rings (SSSR count). The summed E-state index contributed by atoms with van der Waals surface area (Å²) in [4.78, 5) is 25.8. The minimum Gasteiger partial charge on any atom is -0.369 e. The summed E-state index contributed by atoms with van der Waals surface area (Å²) in [5, 5.41) is 1.66.